The van der Waals surface area contributed by atoms with Crippen LogP contribution in [-0.2, 0) is 70.2 Å². The Morgan fingerprint density at radius 3 is 1.17 bits per heavy atom. The van der Waals surface area contributed by atoms with Crippen LogP contribution in [0.4, 0.5) is 0 Å². The molecule has 140 heavy (non-hydrogen) atoms. The summed E-state index contributed by atoms with van der Waals surface area (Å²) >= 11 is 17.9. The number of aryl methyl sites for hydroxylation is 8. The van der Waals surface area contributed by atoms with Gasteiger partial charge in [-0.15, -0.1) is 35.3 Å². The number of rotatable bonds is 56. The van der Waals surface area contributed by atoms with Crippen molar-refractivity contribution in [1.82, 2.24) is 20.4 Å². The Bertz CT molecular complexity index is 4340. The van der Waals surface area contributed by atoms with E-state index in [1.807, 2.05) is 120 Å². The van der Waals surface area contributed by atoms with E-state index in [0.29, 0.717) is 62.7 Å². The van der Waals surface area contributed by atoms with E-state index in [0.717, 1.165) is 106 Å². The van der Waals surface area contributed by atoms with Crippen molar-refractivity contribution in [2.24, 2.45) is 5.92 Å². The Balaban J connectivity index is -0.000000909. The van der Waals surface area contributed by atoms with Crippen molar-refractivity contribution >= 4 is 189 Å². The molecule has 0 spiro atoms. The van der Waals surface area contributed by atoms with E-state index in [1.54, 1.807) is 51.8 Å². The van der Waals surface area contributed by atoms with Crippen LogP contribution in [0.15, 0.2) is 128 Å². The highest BCUT2D eigenvalue weighted by Crippen LogP contribution is 2.46. The predicted molar refractivity (Wildman–Crippen MR) is 634 cm³/mol. The lowest BCUT2D eigenvalue weighted by atomic mass is 9.92. The molecular weight excluding hydrogens is 1990 g/mol. The number of nitrogens with zero attached hydrogens (tertiary/aromatic N) is 2. The number of carboxylic acid groups (broad SMARTS) is 2. The fraction of sp³-hybridized carbons (Fsp3) is 0.593. The normalized spacial score (nSPS) is 11.7. The first-order valence-electron chi connectivity index (χ1n) is 49.1. The first kappa shape index (κ1) is 141. The minimum absolute atomic E-state index is 0. The number of thioether (sulfide) groups is 4. The van der Waals surface area contributed by atoms with Gasteiger partial charge in [-0.1, -0.05) is 278 Å². The van der Waals surface area contributed by atoms with Crippen molar-refractivity contribution in [3.8, 4) is 0 Å². The molecule has 5 N–H and O–H groups in total. The largest absolute Gasteiger partial charge is 0.481 e. The number of carboxylic acids is 2. The molecule has 0 radical (unpaired) electrons. The molecule has 0 fully saturated rings. The van der Waals surface area contributed by atoms with Gasteiger partial charge >= 0.3 is 29.1 Å². The predicted octanol–water partition coefficient (Wildman–Crippen LogP) is 28.9. The van der Waals surface area contributed by atoms with Crippen LogP contribution in [0.5, 0.6) is 0 Å². The third kappa shape index (κ3) is 65.4. The molecule has 0 aliphatic rings. The Labute approximate surface area is 886 Å². The lowest BCUT2D eigenvalue weighted by Gasteiger charge is -2.39. The van der Waals surface area contributed by atoms with Gasteiger partial charge in [0.15, 0.2) is 44.3 Å². The summed E-state index contributed by atoms with van der Waals surface area (Å²) in [5.74, 6) is 0.573. The number of carbonyl (C=O) groups is 8. The lowest BCUT2D eigenvalue weighted by Crippen LogP contribution is -2.52. The molecular formula is C108H187N4O15PS6Si6. The van der Waals surface area contributed by atoms with Gasteiger partial charge in [-0.3, -0.25) is 38.4 Å². The SMILES string of the molecule is C.C.C.C=CC(=O)N(C)C.C=CC(=O)NCCCCC(=O)O.CCCCCCSC(=S)SC(CC(Cc1ccc(CC[Si](C)(C)O[Si](C)(C)O[Si](C)(C)CCCC)cc1)C(=O)N(C)C)C(=O)NCCCCC(=O)O.CCCCCCSC(=S)SCc1ccc(CC[Si](C)(C)O[Si](C)(C)O[Si](C)(C)CCCC)cc1.CCO.Cc1cc(C)c(C(=O)P(C(=O)c2c(C)cc(C)cc2C)c2ccccc2)c(C)c1. The molecule has 0 aliphatic heterocycles. The maximum absolute atomic E-state index is 13.8. The lowest BCUT2D eigenvalue weighted by molar-refractivity contribution is -0.138. The smallest absolute Gasteiger partial charge is 0.311 e. The average molecular weight is 2170 g/mol. The molecule has 0 aliphatic carbocycles. The van der Waals surface area contributed by atoms with E-state index in [4.69, 9.17) is 56.2 Å². The van der Waals surface area contributed by atoms with Crippen LogP contribution in [0.1, 0.15) is 255 Å². The summed E-state index contributed by atoms with van der Waals surface area (Å²) in [6.07, 6.45) is 22.7. The van der Waals surface area contributed by atoms with Crippen LogP contribution >= 0.6 is 79.4 Å². The molecule has 0 bridgehead atoms. The molecule has 5 aromatic carbocycles. The average Bonchev–Trinajstić information content (AvgIpc) is 0.774. The van der Waals surface area contributed by atoms with Crippen molar-refractivity contribution < 1.29 is 70.1 Å². The van der Waals surface area contributed by atoms with Crippen LogP contribution in [0.2, 0.25) is 103 Å². The number of nitrogens with one attached hydrogen (secondary N) is 2. The van der Waals surface area contributed by atoms with Crippen LogP contribution in [0.25, 0.3) is 0 Å². The van der Waals surface area contributed by atoms with Crippen molar-refractivity contribution in [2.75, 3.05) is 59.4 Å². The van der Waals surface area contributed by atoms with Gasteiger partial charge in [-0.05, 0) is 289 Å². The second-order valence-electron chi connectivity index (χ2n) is 38.7. The highest BCUT2D eigenvalue weighted by Gasteiger charge is 2.42. The van der Waals surface area contributed by atoms with E-state index < -0.39 is 81.4 Å². The number of hydrogen-bond acceptors (Lipinski definition) is 19. The van der Waals surface area contributed by atoms with E-state index in [1.165, 1.54) is 122 Å². The minimum Gasteiger partial charge on any atom is -0.481 e. The number of thiocarbonyl (C=S) groups is 2. The fourth-order valence-electron chi connectivity index (χ4n) is 15.5. The van der Waals surface area contributed by atoms with Gasteiger partial charge in [0, 0.05) is 83.5 Å². The number of carbonyl (C=O) groups excluding carboxylic acids is 6. The maximum atomic E-state index is 13.8. The summed E-state index contributed by atoms with van der Waals surface area (Å²) in [6.45, 7) is 57.8. The minimum atomic E-state index is -2.24. The molecule has 2 atom stereocenters. The second kappa shape index (κ2) is 76.4. The quantitative estimate of drug-likeness (QED) is 0.00796. The number of benzene rings is 5. The molecule has 0 heterocycles. The first-order valence-corrected chi connectivity index (χ1v) is 73.2. The Morgan fingerprint density at radius 1 is 0.457 bits per heavy atom. The molecule has 0 saturated carbocycles. The molecule has 0 saturated heterocycles. The van der Waals surface area contributed by atoms with Gasteiger partial charge in [0.25, 0.3) is 0 Å². The van der Waals surface area contributed by atoms with Crippen molar-refractivity contribution in [2.45, 2.75) is 353 Å². The standard InChI is InChI=1S/C38H70N2O6S3Si3.C26H27O2P.C26H50O2S3Si3.C8H13NO3.C5H9NO.C2H6O.3CH4/c1-11-13-15-18-26-48-38(47)49-34(36(43)39-25-17-16-19-35(41)42)30-33(37(44)40(3)4)29-32-22-20-31(21-23-32)24-28-51(7,8)46-52(9,10)45-50(5,6)27-14-12-2;1-16-12-18(3)23(19(4)13-16)25(27)29(22-10-8-7-9-11-22)26(28)24-20(5)14-17(2)15-21(24)6;1-9-11-13-14-20-30-26(29)31-23-25-17-15-24(16-18-25)19-22-33(5,6)28-34(7,8)27-32(3,4)21-12-10-2;1-2-7(10)9-6-4-3-5-8(11)12;1-4-5(7)6(2)3;1-2-3;;;/h20-23,33-34H,11-19,24-30H2,1-10H3,(H,39,43)(H,41,42);7-15H,1-6H3;15-18H,9-14,19-23H2,1-8H3;2H,1,3-6H2,(H,9,10)(H,11,12);4H,1H2,2-3H3;3H,2H2,1H3;3*1H4. The van der Waals surface area contributed by atoms with Gasteiger partial charge in [-0.25, -0.2) is 0 Å². The fourth-order valence-corrected chi connectivity index (χ4v) is 50.9. The van der Waals surface area contributed by atoms with Crippen LogP contribution < -0.4 is 15.9 Å². The molecule has 5 rings (SSSR count). The van der Waals surface area contributed by atoms with E-state index >= 15 is 0 Å². The molecule has 4 amide bonds. The summed E-state index contributed by atoms with van der Waals surface area (Å²) < 4.78 is 28.8. The number of aliphatic hydroxyl groups excluding tert-OH is 1. The van der Waals surface area contributed by atoms with E-state index in [2.05, 4.69) is 179 Å². The van der Waals surface area contributed by atoms with Gasteiger partial charge < -0.3 is 52.2 Å². The number of hydrogen-bond donors (Lipinski definition) is 5. The highest BCUT2D eigenvalue weighted by molar-refractivity contribution is 8.47. The Morgan fingerprint density at radius 2 is 0.821 bits per heavy atom. The van der Waals surface area contributed by atoms with E-state index in [-0.39, 0.29) is 76.4 Å². The van der Waals surface area contributed by atoms with Gasteiger partial charge in [0.05, 0.1) is 13.2 Å². The third-order valence-electron chi connectivity index (χ3n) is 21.8. The molecule has 32 heteroatoms. The van der Waals surface area contributed by atoms with Crippen molar-refractivity contribution in [3.63, 3.8) is 0 Å². The first-order chi connectivity index (χ1) is 64.1. The molecule has 5 aromatic rings. The van der Waals surface area contributed by atoms with E-state index in [9.17, 15) is 38.4 Å². The molecule has 2 unspecified atom stereocenters. The van der Waals surface area contributed by atoms with Crippen LogP contribution in [0.3, 0.4) is 0 Å². The van der Waals surface area contributed by atoms with Crippen molar-refractivity contribution in [1.29, 1.82) is 0 Å². The number of likely N-dealkylation sites (N-methyl/N-ethyl adjacent to an activating group) is 1. The van der Waals surface area contributed by atoms with Gasteiger partial charge in [0.1, 0.15) is 7.06 Å². The maximum Gasteiger partial charge on any atom is 0.311 e. The van der Waals surface area contributed by atoms with Crippen molar-refractivity contribution in [3.05, 3.63) is 195 Å². The zero-order chi connectivity index (χ0) is 104. The molecule has 19 nitrogen and oxygen atoms in total. The summed E-state index contributed by atoms with van der Waals surface area (Å²) in [6, 6.07) is 39.8. The topological polar surface area (TPSA) is 265 Å². The second-order valence-corrected chi connectivity index (χ2v) is 72.5. The monoisotopic (exact) mass is 2170 g/mol. The summed E-state index contributed by atoms with van der Waals surface area (Å²) in [5, 5.41) is 30.6. The number of amides is 4. The molecule has 0 aromatic heterocycles. The Kier molecular flexibility index (Phi) is 77.0. The summed E-state index contributed by atoms with van der Waals surface area (Å²) in [5.41, 5.74) is 12.3. The Hall–Kier alpha value is -5.15. The zero-order valence-electron chi connectivity index (χ0n) is 88.7. The number of aliphatic carboxylic acids is 2. The number of unbranched alkanes of at least 4 members (excludes halogenated alkanes) is 10. The molecule has 794 valence electrons. The highest BCUT2D eigenvalue weighted by atomic mass is 32.2. The third-order valence-corrected chi connectivity index (χ3v) is 52.3. The van der Waals surface area contributed by atoms with Crippen LogP contribution in [0, 0.1) is 47.5 Å². The zero-order valence-corrected chi connectivity index (χ0v) is 100. The number of aliphatic hydroxyl groups is 1. The summed E-state index contributed by atoms with van der Waals surface area (Å²) in [4.78, 5) is 99.6. The van der Waals surface area contributed by atoms with Gasteiger partial charge in [-0.2, -0.15) is 0 Å². The van der Waals surface area contributed by atoms with Crippen LogP contribution in [-0.4, -0.2) is 194 Å². The summed E-state index contributed by atoms with van der Waals surface area (Å²) in [7, 11) is -6.28. The van der Waals surface area contributed by atoms with Gasteiger partial charge in [0.2, 0.25) is 23.6 Å².